The molecule has 0 N–H and O–H groups in total. The van der Waals surface area contributed by atoms with E-state index in [1.807, 2.05) is 6.07 Å². The molecule has 110 heavy (non-hydrogen) atoms. The van der Waals surface area contributed by atoms with Crippen LogP contribution in [0.3, 0.4) is 0 Å². The van der Waals surface area contributed by atoms with Crippen molar-refractivity contribution in [3.8, 4) is 0 Å². The molecule has 6 atom stereocenters. The van der Waals surface area contributed by atoms with Crippen LogP contribution in [0.25, 0.3) is 0 Å². The molecule has 17 rings (SSSR count). The van der Waals surface area contributed by atoms with E-state index in [0.717, 1.165) is 0 Å². The van der Waals surface area contributed by atoms with Crippen LogP contribution in [0.5, 0.6) is 0 Å². The number of aryl methyl sites for hydroxylation is 6. The van der Waals surface area contributed by atoms with Crippen molar-refractivity contribution in [2.45, 2.75) is 160 Å². The number of fused-ring (bicyclic) bond motifs is 3. The summed E-state index contributed by atoms with van der Waals surface area (Å²) in [6.45, 7) is 35.4. The Bertz CT molecular complexity index is 4930. The maximum absolute atomic E-state index is 2.49. The number of para-hydroxylation sites is 14. The molecule has 0 saturated heterocycles. The Morgan fingerprint density at radius 2 is 0.509 bits per heavy atom. The Hall–Kier alpha value is -11.8. The molecule has 11 aromatic carbocycles. The van der Waals surface area contributed by atoms with E-state index in [-0.39, 0.29) is 6.17 Å². The van der Waals surface area contributed by atoms with Crippen molar-refractivity contribution >= 4 is 79.6 Å². The maximum Gasteiger partial charge on any atom is 0.108 e. The fraction of sp³-hybridized carbons (Fsp3) is 0.265. The molecule has 12 heteroatoms. The second-order valence-electron chi connectivity index (χ2n) is 30.0. The summed E-state index contributed by atoms with van der Waals surface area (Å²) in [6, 6.07) is 99.3. The lowest BCUT2D eigenvalue weighted by atomic mass is 10.1. The van der Waals surface area contributed by atoms with Gasteiger partial charge in [-0.1, -0.05) is 182 Å². The molecule has 12 nitrogen and oxygen atoms in total. The van der Waals surface area contributed by atoms with E-state index in [9.17, 15) is 0 Å². The van der Waals surface area contributed by atoms with Gasteiger partial charge in [-0.3, -0.25) is 0 Å². The molecule has 0 unspecified atom stereocenters. The quantitative estimate of drug-likeness (QED) is 0.131. The third-order valence-corrected chi connectivity index (χ3v) is 22.2. The highest BCUT2D eigenvalue weighted by Gasteiger charge is 2.38. The van der Waals surface area contributed by atoms with Crippen molar-refractivity contribution in [1.29, 1.82) is 0 Å². The topological polar surface area (TPSA) is 38.9 Å². The number of nitrogens with zero attached hydrogens (tertiary/aromatic N) is 12. The minimum Gasteiger partial charge on any atom is -0.359 e. The highest BCUT2D eigenvalue weighted by molar-refractivity contribution is 5.89. The van der Waals surface area contributed by atoms with Crippen molar-refractivity contribution in [2.24, 2.45) is 0 Å². The molecule has 0 aromatic heterocycles. The lowest BCUT2D eigenvalue weighted by molar-refractivity contribution is 0.263. The minimum atomic E-state index is 0.232. The Labute approximate surface area is 658 Å². The minimum absolute atomic E-state index is 0.232. The predicted molar refractivity (Wildman–Crippen MR) is 473 cm³/mol. The number of benzene rings is 11. The molecule has 0 bridgehead atoms. The number of anilines is 14. The van der Waals surface area contributed by atoms with E-state index < -0.39 is 0 Å². The molecule has 0 amide bonds. The number of hydrogen-bond donors (Lipinski definition) is 0. The highest BCUT2D eigenvalue weighted by Crippen LogP contribution is 2.50. The standard InChI is InChI=1S/C21H20N2.C18H22N2.C17H18N2.C16H18N2.C14H20N2.C12H16N2/c1-16-10-6-7-13-19(16)23-17(2)22(18-11-4-3-5-12-18)20-14-8-9-15-21(20)23;1-13(2)19-15(4)20(16-10-6-5-9-14(16)3)18-12-8-7-11-17(18)19;1-14-8-6-7-11-17(14)19-13-12-18(15(19)2)16-9-4-3-5-10-16;1-12-8-4-5-9-14(12)18-13(2)17(3)15-10-6-7-11-16(15)18;1-11(2)15-9-10-16(13(15)4)14-8-6-5-7-12(14)3;1-10-6-4-5-7-12(10)14-9-8-13(3)11(14)2/h3-15,17H,1-2H3;5-13,15H,1-4H3;3-13,15H,1-2H3;4-11,13H,1-3H3;5-11,13H,1-4H3;4-9,11H,1-3H3/t17-;2*15-;2*13-;11-/m111111/s1. The summed E-state index contributed by atoms with van der Waals surface area (Å²) in [5, 5.41) is 0. The SMILES string of the molecule is Cc1ccccc1N1C=CN(C(C)C)[C@H]1C.Cc1ccccc1N1C=CN(C)[C@H]1C.Cc1ccccc1N1C=CN(c2ccccc2)[C@H]1C.Cc1ccccc1N1c2ccccc2N(C(C)C)[C@H]1C.Cc1ccccc1N1c2ccccc2N(C)[C@H]1C.Cc1ccccc1N1c2ccccc2N(c2ccccc2)[C@H]1C. The first kappa shape index (κ1) is 77.8. The Morgan fingerprint density at radius 1 is 0.218 bits per heavy atom. The first-order valence-corrected chi connectivity index (χ1v) is 39.2. The predicted octanol–water partition coefficient (Wildman–Crippen LogP) is 24.3. The van der Waals surface area contributed by atoms with Crippen LogP contribution in [-0.2, 0) is 0 Å². The van der Waals surface area contributed by atoms with E-state index >= 15 is 0 Å². The Kier molecular flexibility index (Phi) is 24.8. The summed E-state index contributed by atoms with van der Waals surface area (Å²) in [5.41, 5.74) is 25.8. The summed E-state index contributed by atoms with van der Waals surface area (Å²) < 4.78 is 0. The van der Waals surface area contributed by atoms with Crippen LogP contribution in [0.1, 0.15) is 103 Å². The summed E-state index contributed by atoms with van der Waals surface area (Å²) in [6.07, 6.45) is 14.9. The third-order valence-electron chi connectivity index (χ3n) is 22.2. The molecular formula is C98H114N12. The van der Waals surface area contributed by atoms with Crippen LogP contribution in [0, 0.1) is 41.5 Å². The zero-order valence-corrected chi connectivity index (χ0v) is 68.0. The molecule has 11 aromatic rings. The van der Waals surface area contributed by atoms with Crippen LogP contribution in [-0.4, -0.2) is 73.0 Å². The highest BCUT2D eigenvalue weighted by atomic mass is 15.4. The van der Waals surface area contributed by atoms with E-state index in [2.05, 4.69) is 494 Å². The van der Waals surface area contributed by atoms with Gasteiger partial charge in [-0.05, 0) is 241 Å². The molecule has 6 heterocycles. The van der Waals surface area contributed by atoms with Crippen LogP contribution < -0.4 is 49.0 Å². The van der Waals surface area contributed by atoms with Gasteiger partial charge in [-0.2, -0.15) is 0 Å². The van der Waals surface area contributed by atoms with Gasteiger partial charge in [0.1, 0.15) is 37.0 Å². The summed E-state index contributed by atoms with van der Waals surface area (Å²) in [4.78, 5) is 28.3. The van der Waals surface area contributed by atoms with Crippen molar-refractivity contribution < 1.29 is 0 Å². The number of rotatable bonds is 10. The largest absolute Gasteiger partial charge is 0.359 e. The van der Waals surface area contributed by atoms with Crippen molar-refractivity contribution in [1.82, 2.24) is 9.80 Å². The van der Waals surface area contributed by atoms with Crippen molar-refractivity contribution in [2.75, 3.05) is 63.1 Å². The smallest absolute Gasteiger partial charge is 0.108 e. The van der Waals surface area contributed by atoms with Gasteiger partial charge in [0.25, 0.3) is 0 Å². The van der Waals surface area contributed by atoms with Crippen LogP contribution in [0.4, 0.5) is 79.6 Å². The van der Waals surface area contributed by atoms with Crippen LogP contribution >= 0.6 is 0 Å². The molecule has 566 valence electrons. The van der Waals surface area contributed by atoms with E-state index in [1.54, 1.807) is 0 Å². The molecule has 0 spiro atoms. The zero-order chi connectivity index (χ0) is 77.9. The fourth-order valence-electron chi connectivity index (χ4n) is 16.1. The monoisotopic (exact) mass is 1460 g/mol. The zero-order valence-electron chi connectivity index (χ0n) is 68.0. The Balaban J connectivity index is 0.000000124. The lowest BCUT2D eigenvalue weighted by Gasteiger charge is -2.33. The van der Waals surface area contributed by atoms with Gasteiger partial charge >= 0.3 is 0 Å². The second kappa shape index (κ2) is 35.1. The van der Waals surface area contributed by atoms with Crippen LogP contribution in [0.15, 0.2) is 316 Å². The average Bonchev–Trinajstić information content (AvgIpc) is 1.61. The van der Waals surface area contributed by atoms with Gasteiger partial charge in [0.15, 0.2) is 0 Å². The van der Waals surface area contributed by atoms with Gasteiger partial charge in [0, 0.05) is 109 Å². The summed E-state index contributed by atoms with van der Waals surface area (Å²) >= 11 is 0. The Morgan fingerprint density at radius 3 is 0.900 bits per heavy atom. The molecular weight excluding hydrogens is 1350 g/mol. The molecule has 0 saturated carbocycles. The van der Waals surface area contributed by atoms with E-state index in [0.29, 0.717) is 42.9 Å². The first-order valence-electron chi connectivity index (χ1n) is 39.2. The first-order chi connectivity index (χ1) is 53.2. The fourth-order valence-corrected chi connectivity index (χ4v) is 16.1. The lowest BCUT2D eigenvalue weighted by Crippen LogP contribution is -2.42. The molecule has 0 aliphatic carbocycles. The third kappa shape index (κ3) is 16.5. The molecule has 0 radical (unpaired) electrons. The molecule has 0 fully saturated rings. The van der Waals surface area contributed by atoms with Gasteiger partial charge in [0.05, 0.1) is 34.1 Å². The number of hydrogen-bond acceptors (Lipinski definition) is 12. The van der Waals surface area contributed by atoms with Gasteiger partial charge in [-0.15, -0.1) is 0 Å². The van der Waals surface area contributed by atoms with E-state index in [1.165, 1.54) is 113 Å². The van der Waals surface area contributed by atoms with Gasteiger partial charge in [0.2, 0.25) is 0 Å². The normalized spacial score (nSPS) is 18.3. The van der Waals surface area contributed by atoms with Crippen LogP contribution in [0.2, 0.25) is 0 Å². The van der Waals surface area contributed by atoms with Crippen molar-refractivity contribution in [3.63, 3.8) is 0 Å². The second-order valence-corrected chi connectivity index (χ2v) is 30.0. The van der Waals surface area contributed by atoms with Gasteiger partial charge < -0.3 is 58.8 Å². The summed E-state index contributed by atoms with van der Waals surface area (Å²) in [7, 11) is 4.25. The molecule has 6 aliphatic rings. The van der Waals surface area contributed by atoms with E-state index in [4.69, 9.17) is 0 Å². The maximum atomic E-state index is 2.49. The molecule has 6 aliphatic heterocycles. The van der Waals surface area contributed by atoms with Gasteiger partial charge in [-0.25, -0.2) is 0 Å². The van der Waals surface area contributed by atoms with Crippen molar-refractivity contribution in [3.05, 3.63) is 350 Å². The average molecular weight is 1460 g/mol. The summed E-state index contributed by atoms with van der Waals surface area (Å²) in [5.74, 6) is 0.